The van der Waals surface area contributed by atoms with Crippen molar-refractivity contribution in [3.05, 3.63) is 30.2 Å². The van der Waals surface area contributed by atoms with Crippen LogP contribution in [0.3, 0.4) is 0 Å². The second-order valence-corrected chi connectivity index (χ2v) is 8.04. The minimum atomic E-state index is -0.277. The molecule has 0 aromatic carbocycles. The molecule has 0 bridgehead atoms. The number of likely N-dealkylation sites (tertiary alicyclic amines) is 1. The van der Waals surface area contributed by atoms with Crippen molar-refractivity contribution in [2.75, 3.05) is 6.54 Å². The van der Waals surface area contributed by atoms with Crippen LogP contribution in [0.25, 0.3) is 5.65 Å². The van der Waals surface area contributed by atoms with Gasteiger partial charge >= 0.3 is 0 Å². The number of amides is 2. The van der Waals surface area contributed by atoms with Gasteiger partial charge in [-0.1, -0.05) is 32.8 Å². The molecule has 27 heavy (non-hydrogen) atoms. The molecule has 4 rings (SSSR count). The van der Waals surface area contributed by atoms with Crippen molar-refractivity contribution in [1.82, 2.24) is 24.8 Å². The third kappa shape index (κ3) is 3.42. The van der Waals surface area contributed by atoms with Gasteiger partial charge in [0, 0.05) is 25.2 Å². The molecule has 2 aromatic rings. The highest BCUT2D eigenvalue weighted by atomic mass is 16.2. The Bertz CT molecular complexity index is 848. The molecule has 2 aliphatic rings. The molecule has 1 aliphatic heterocycles. The van der Waals surface area contributed by atoms with Crippen molar-refractivity contribution in [2.24, 2.45) is 17.8 Å². The third-order valence-electron chi connectivity index (χ3n) is 6.40. The number of fused-ring (bicyclic) bond motifs is 1. The van der Waals surface area contributed by atoms with Gasteiger partial charge in [0.15, 0.2) is 11.5 Å². The lowest BCUT2D eigenvalue weighted by Gasteiger charge is -2.40. The van der Waals surface area contributed by atoms with Gasteiger partial charge in [0.1, 0.15) is 0 Å². The number of aromatic nitrogens is 3. The Morgan fingerprint density at radius 1 is 1.26 bits per heavy atom. The van der Waals surface area contributed by atoms with Gasteiger partial charge < -0.3 is 10.2 Å². The molecule has 0 unspecified atom stereocenters. The molecular formula is C20H27N5O2. The summed E-state index contributed by atoms with van der Waals surface area (Å²) in [4.78, 5) is 27.2. The van der Waals surface area contributed by atoms with Gasteiger partial charge in [-0.15, -0.1) is 10.2 Å². The van der Waals surface area contributed by atoms with Gasteiger partial charge in [0.05, 0.1) is 12.5 Å². The summed E-state index contributed by atoms with van der Waals surface area (Å²) in [5.74, 6) is 1.58. The monoisotopic (exact) mass is 369 g/mol. The number of pyridine rings is 1. The number of nitrogens with zero attached hydrogens (tertiary/aromatic N) is 4. The Hall–Kier alpha value is -2.44. The molecule has 0 spiro atoms. The van der Waals surface area contributed by atoms with E-state index in [-0.39, 0.29) is 23.8 Å². The highest BCUT2D eigenvalue weighted by Crippen LogP contribution is 2.35. The van der Waals surface area contributed by atoms with Crippen LogP contribution in [0.4, 0.5) is 0 Å². The summed E-state index contributed by atoms with van der Waals surface area (Å²) in [6, 6.07) is 5.96. The summed E-state index contributed by atoms with van der Waals surface area (Å²) in [5.41, 5.74) is 0.754. The van der Waals surface area contributed by atoms with Crippen molar-refractivity contribution in [1.29, 1.82) is 0 Å². The average Bonchev–Trinajstić information content (AvgIpc) is 3.26. The van der Waals surface area contributed by atoms with Crippen molar-refractivity contribution in [3.8, 4) is 0 Å². The lowest BCUT2D eigenvalue weighted by Crippen LogP contribution is -2.45. The SMILES string of the molecule is C[C@H]1[C@H](C)CCC[C@@H]1N1C[C@@H](C(=O)NCc2nnc3ccccn23)CC1=O. The Balaban J connectivity index is 1.38. The van der Waals surface area contributed by atoms with Crippen molar-refractivity contribution in [2.45, 2.75) is 52.1 Å². The van der Waals surface area contributed by atoms with Crippen LogP contribution in [0.5, 0.6) is 0 Å². The van der Waals surface area contributed by atoms with E-state index in [1.165, 1.54) is 6.42 Å². The second kappa shape index (κ2) is 7.29. The predicted molar refractivity (Wildman–Crippen MR) is 101 cm³/mol. The quantitative estimate of drug-likeness (QED) is 0.894. The molecule has 2 aromatic heterocycles. The van der Waals surface area contributed by atoms with Crippen molar-refractivity contribution in [3.63, 3.8) is 0 Å². The summed E-state index contributed by atoms with van der Waals surface area (Å²) in [7, 11) is 0. The lowest BCUT2D eigenvalue weighted by molar-refractivity contribution is -0.132. The number of carbonyl (C=O) groups excluding carboxylic acids is 2. The lowest BCUT2D eigenvalue weighted by atomic mass is 9.77. The predicted octanol–water partition coefficient (Wildman–Crippen LogP) is 2.02. The number of carbonyl (C=O) groups is 2. The number of hydrogen-bond donors (Lipinski definition) is 1. The Labute approximate surface area is 159 Å². The smallest absolute Gasteiger partial charge is 0.225 e. The van der Waals surface area contributed by atoms with E-state index < -0.39 is 0 Å². The molecule has 1 saturated heterocycles. The average molecular weight is 369 g/mol. The zero-order valence-electron chi connectivity index (χ0n) is 16.0. The molecule has 0 radical (unpaired) electrons. The second-order valence-electron chi connectivity index (χ2n) is 8.04. The maximum atomic E-state index is 12.6. The molecule has 2 amide bonds. The number of nitrogens with one attached hydrogen (secondary N) is 1. The topological polar surface area (TPSA) is 79.6 Å². The normalized spacial score (nSPS) is 28.7. The molecule has 1 aliphatic carbocycles. The van der Waals surface area contributed by atoms with Gasteiger partial charge in [0.25, 0.3) is 0 Å². The van der Waals surface area contributed by atoms with Gasteiger partial charge in [0.2, 0.25) is 11.8 Å². The molecular weight excluding hydrogens is 342 g/mol. The molecule has 2 fully saturated rings. The van der Waals surface area contributed by atoms with Gasteiger partial charge in [-0.2, -0.15) is 0 Å². The first kappa shape index (κ1) is 17.9. The number of rotatable bonds is 4. The molecule has 1 saturated carbocycles. The van der Waals surface area contributed by atoms with E-state index in [0.29, 0.717) is 37.2 Å². The minimum Gasteiger partial charge on any atom is -0.348 e. The van der Waals surface area contributed by atoms with Crippen LogP contribution in [-0.2, 0) is 16.1 Å². The molecule has 4 atom stereocenters. The first-order valence-corrected chi connectivity index (χ1v) is 9.90. The Kier molecular flexibility index (Phi) is 4.85. The molecule has 7 nitrogen and oxygen atoms in total. The summed E-state index contributed by atoms with van der Waals surface area (Å²) in [6.07, 6.45) is 5.64. The maximum Gasteiger partial charge on any atom is 0.225 e. The molecule has 7 heteroatoms. The number of hydrogen-bond acceptors (Lipinski definition) is 4. The van der Waals surface area contributed by atoms with Crippen LogP contribution < -0.4 is 5.32 Å². The van der Waals surface area contributed by atoms with E-state index in [1.807, 2.05) is 33.7 Å². The summed E-state index contributed by atoms with van der Waals surface area (Å²) in [6.45, 7) is 5.36. The highest BCUT2D eigenvalue weighted by molar-refractivity contribution is 5.89. The Morgan fingerprint density at radius 3 is 2.96 bits per heavy atom. The van der Waals surface area contributed by atoms with Crippen molar-refractivity contribution < 1.29 is 9.59 Å². The largest absolute Gasteiger partial charge is 0.348 e. The van der Waals surface area contributed by atoms with Crippen LogP contribution in [0.1, 0.15) is 45.4 Å². The van der Waals surface area contributed by atoms with E-state index in [1.54, 1.807) is 0 Å². The van der Waals surface area contributed by atoms with Gasteiger partial charge in [-0.3, -0.25) is 14.0 Å². The van der Waals surface area contributed by atoms with Crippen LogP contribution in [0.15, 0.2) is 24.4 Å². The van der Waals surface area contributed by atoms with Crippen molar-refractivity contribution >= 4 is 17.5 Å². The standard InChI is InChI=1S/C20H27N5O2/c1-13-6-5-7-16(14(13)2)25-12-15(10-19(25)26)20(27)21-11-18-23-22-17-8-3-4-9-24(17)18/h3-4,8-9,13-16H,5-7,10-12H2,1-2H3,(H,21,27)/t13-,14+,15+,16+/m1/s1. The zero-order chi connectivity index (χ0) is 19.0. The summed E-state index contributed by atoms with van der Waals surface area (Å²) in [5, 5.41) is 11.2. The van der Waals surface area contributed by atoms with E-state index in [0.717, 1.165) is 18.5 Å². The fraction of sp³-hybridized carbons (Fsp3) is 0.600. The van der Waals surface area contributed by atoms with Crippen LogP contribution in [0, 0.1) is 17.8 Å². The minimum absolute atomic E-state index is 0.0740. The van der Waals surface area contributed by atoms with E-state index in [9.17, 15) is 9.59 Å². The van der Waals surface area contributed by atoms with Gasteiger partial charge in [-0.05, 0) is 30.4 Å². The van der Waals surface area contributed by atoms with Crippen LogP contribution >= 0.6 is 0 Å². The zero-order valence-corrected chi connectivity index (χ0v) is 16.0. The van der Waals surface area contributed by atoms with E-state index >= 15 is 0 Å². The Morgan fingerprint density at radius 2 is 2.11 bits per heavy atom. The van der Waals surface area contributed by atoms with Gasteiger partial charge in [-0.25, -0.2) is 0 Å². The third-order valence-corrected chi connectivity index (χ3v) is 6.40. The summed E-state index contributed by atoms with van der Waals surface area (Å²) >= 11 is 0. The molecule has 3 heterocycles. The first-order valence-electron chi connectivity index (χ1n) is 9.90. The fourth-order valence-electron chi connectivity index (χ4n) is 4.54. The van der Waals surface area contributed by atoms with Crippen LogP contribution in [0.2, 0.25) is 0 Å². The maximum absolute atomic E-state index is 12.6. The fourth-order valence-corrected chi connectivity index (χ4v) is 4.54. The first-order chi connectivity index (χ1) is 13.0. The summed E-state index contributed by atoms with van der Waals surface area (Å²) < 4.78 is 1.86. The van der Waals surface area contributed by atoms with Crippen LogP contribution in [-0.4, -0.2) is 43.9 Å². The van der Waals surface area contributed by atoms with E-state index in [2.05, 4.69) is 29.4 Å². The van der Waals surface area contributed by atoms with E-state index in [4.69, 9.17) is 0 Å². The highest BCUT2D eigenvalue weighted by Gasteiger charge is 2.41. The molecule has 1 N–H and O–H groups in total. The molecule has 144 valence electrons.